The number of carbonyl (C=O) groups is 1. The molecule has 0 saturated carbocycles. The number of nitrogens with two attached hydrogens (primary N) is 1. The van der Waals surface area contributed by atoms with Crippen molar-refractivity contribution >= 4 is 44.7 Å². The van der Waals surface area contributed by atoms with Gasteiger partial charge in [-0.25, -0.2) is 0 Å². The lowest BCUT2D eigenvalue weighted by molar-refractivity contribution is 0.102. The standard InChI is InChI=1S/C13H11BrN2O3S/c14-12-8(5-6-18-12)13(17)16-9-3-1-2-4-10(9)19-7-11(15)20/h1-6H,7H2,(H2,15,20)(H,16,17). The number of para-hydroxylation sites is 2. The molecule has 0 bridgehead atoms. The normalized spacial score (nSPS) is 10.1. The van der Waals surface area contributed by atoms with Crippen molar-refractivity contribution in [1.82, 2.24) is 0 Å². The fourth-order valence-electron chi connectivity index (χ4n) is 1.49. The Morgan fingerprint density at radius 1 is 1.40 bits per heavy atom. The number of rotatable bonds is 5. The number of amides is 1. The molecule has 2 aromatic rings. The highest BCUT2D eigenvalue weighted by Crippen LogP contribution is 2.25. The molecule has 0 unspecified atom stereocenters. The minimum absolute atomic E-state index is 0.109. The van der Waals surface area contributed by atoms with Crippen molar-refractivity contribution in [1.29, 1.82) is 0 Å². The molecule has 1 aromatic heterocycles. The Labute approximate surface area is 129 Å². The first-order valence-electron chi connectivity index (χ1n) is 5.62. The second-order valence-electron chi connectivity index (χ2n) is 3.81. The van der Waals surface area contributed by atoms with Crippen LogP contribution in [-0.2, 0) is 0 Å². The molecule has 0 radical (unpaired) electrons. The van der Waals surface area contributed by atoms with Crippen molar-refractivity contribution in [2.45, 2.75) is 0 Å². The third kappa shape index (κ3) is 3.58. The molecular formula is C13H11BrN2O3S. The van der Waals surface area contributed by atoms with E-state index in [1.54, 1.807) is 30.3 Å². The first kappa shape index (κ1) is 14.5. The molecule has 1 heterocycles. The number of anilines is 1. The molecule has 0 saturated heterocycles. The third-order valence-corrected chi connectivity index (χ3v) is 3.10. The summed E-state index contributed by atoms with van der Waals surface area (Å²) >= 11 is 7.91. The van der Waals surface area contributed by atoms with Gasteiger partial charge in [0, 0.05) is 0 Å². The van der Waals surface area contributed by atoms with Crippen LogP contribution in [0.4, 0.5) is 5.69 Å². The summed E-state index contributed by atoms with van der Waals surface area (Å²) in [4.78, 5) is 12.3. The largest absolute Gasteiger partial charge is 0.484 e. The van der Waals surface area contributed by atoms with Crippen LogP contribution >= 0.6 is 28.1 Å². The Kier molecular flexibility index (Phi) is 4.75. The molecule has 7 heteroatoms. The molecule has 0 aliphatic rings. The Balaban J connectivity index is 2.15. The first-order valence-corrected chi connectivity index (χ1v) is 6.82. The number of furan rings is 1. The van der Waals surface area contributed by atoms with E-state index in [1.165, 1.54) is 6.26 Å². The lowest BCUT2D eigenvalue weighted by Gasteiger charge is -2.11. The Hall–Kier alpha value is -1.86. The van der Waals surface area contributed by atoms with E-state index in [0.717, 1.165) is 0 Å². The van der Waals surface area contributed by atoms with E-state index in [2.05, 4.69) is 21.2 Å². The number of benzene rings is 1. The zero-order chi connectivity index (χ0) is 14.5. The van der Waals surface area contributed by atoms with Gasteiger partial charge in [0.15, 0.2) is 4.67 Å². The van der Waals surface area contributed by atoms with Gasteiger partial charge in [-0.1, -0.05) is 24.4 Å². The van der Waals surface area contributed by atoms with Gasteiger partial charge in [-0.2, -0.15) is 0 Å². The Morgan fingerprint density at radius 2 is 2.15 bits per heavy atom. The number of hydrogen-bond donors (Lipinski definition) is 2. The van der Waals surface area contributed by atoms with Gasteiger partial charge in [-0.15, -0.1) is 0 Å². The van der Waals surface area contributed by atoms with E-state index in [1.807, 2.05) is 0 Å². The van der Waals surface area contributed by atoms with Crippen molar-refractivity contribution in [2.75, 3.05) is 11.9 Å². The highest BCUT2D eigenvalue weighted by molar-refractivity contribution is 9.10. The second-order valence-corrected chi connectivity index (χ2v) is 5.06. The Morgan fingerprint density at radius 3 is 2.80 bits per heavy atom. The number of hydrogen-bond acceptors (Lipinski definition) is 4. The van der Waals surface area contributed by atoms with Gasteiger partial charge in [-0.3, -0.25) is 4.79 Å². The summed E-state index contributed by atoms with van der Waals surface area (Å²) in [5, 5.41) is 2.74. The first-order chi connectivity index (χ1) is 9.58. The third-order valence-electron chi connectivity index (χ3n) is 2.37. The van der Waals surface area contributed by atoms with Crippen molar-refractivity contribution in [3.63, 3.8) is 0 Å². The van der Waals surface area contributed by atoms with Crippen LogP contribution < -0.4 is 15.8 Å². The van der Waals surface area contributed by atoms with Gasteiger partial charge >= 0.3 is 0 Å². The van der Waals surface area contributed by atoms with E-state index in [-0.39, 0.29) is 17.5 Å². The van der Waals surface area contributed by atoms with Gasteiger partial charge in [0.2, 0.25) is 0 Å². The highest BCUT2D eigenvalue weighted by atomic mass is 79.9. The average Bonchev–Trinajstić information content (AvgIpc) is 2.84. The lowest BCUT2D eigenvalue weighted by atomic mass is 10.2. The molecule has 5 nitrogen and oxygen atoms in total. The summed E-state index contributed by atoms with van der Waals surface area (Å²) in [6.07, 6.45) is 1.42. The van der Waals surface area contributed by atoms with Crippen LogP contribution in [-0.4, -0.2) is 17.5 Å². The van der Waals surface area contributed by atoms with Crippen LogP contribution in [0.2, 0.25) is 0 Å². The summed E-state index contributed by atoms with van der Waals surface area (Å²) in [6.45, 7) is 0.109. The molecule has 1 amide bonds. The summed E-state index contributed by atoms with van der Waals surface area (Å²) in [6, 6.07) is 8.59. The molecule has 0 atom stereocenters. The average molecular weight is 355 g/mol. The zero-order valence-electron chi connectivity index (χ0n) is 10.3. The van der Waals surface area contributed by atoms with Crippen molar-refractivity contribution < 1.29 is 13.9 Å². The minimum atomic E-state index is -0.308. The minimum Gasteiger partial charge on any atom is -0.484 e. The summed E-state index contributed by atoms with van der Waals surface area (Å²) in [5.41, 5.74) is 6.32. The van der Waals surface area contributed by atoms with Crippen molar-refractivity contribution in [3.05, 3.63) is 46.8 Å². The predicted octanol–water partition coefficient (Wildman–Crippen LogP) is 2.96. The van der Waals surface area contributed by atoms with Gasteiger partial charge in [0.1, 0.15) is 17.3 Å². The van der Waals surface area contributed by atoms with Gasteiger partial charge in [-0.05, 0) is 34.1 Å². The predicted molar refractivity (Wildman–Crippen MR) is 83.1 cm³/mol. The lowest BCUT2D eigenvalue weighted by Crippen LogP contribution is -2.19. The van der Waals surface area contributed by atoms with E-state index >= 15 is 0 Å². The number of thiocarbonyl (C=S) groups is 1. The van der Waals surface area contributed by atoms with Crippen LogP contribution in [0.1, 0.15) is 10.4 Å². The second kappa shape index (κ2) is 6.53. The van der Waals surface area contributed by atoms with Gasteiger partial charge in [0.25, 0.3) is 5.91 Å². The SMILES string of the molecule is NC(=S)COc1ccccc1NC(=O)c1ccoc1Br. The summed E-state index contributed by atoms with van der Waals surface area (Å²) < 4.78 is 10.8. The van der Waals surface area contributed by atoms with Crippen LogP contribution in [0.5, 0.6) is 5.75 Å². The fourth-order valence-corrected chi connectivity index (χ4v) is 1.97. The van der Waals surface area contributed by atoms with Gasteiger partial charge in [0.05, 0.1) is 17.5 Å². The van der Waals surface area contributed by atoms with Gasteiger partial charge < -0.3 is 20.2 Å². The van der Waals surface area contributed by atoms with Crippen LogP contribution in [0.15, 0.2) is 45.7 Å². The number of nitrogens with one attached hydrogen (secondary N) is 1. The quantitative estimate of drug-likeness (QED) is 0.807. The van der Waals surface area contributed by atoms with E-state index in [9.17, 15) is 4.79 Å². The zero-order valence-corrected chi connectivity index (χ0v) is 12.7. The molecule has 0 aliphatic carbocycles. The highest BCUT2D eigenvalue weighted by Gasteiger charge is 2.14. The molecule has 2 rings (SSSR count). The van der Waals surface area contributed by atoms with E-state index in [0.29, 0.717) is 21.7 Å². The molecular weight excluding hydrogens is 344 g/mol. The summed E-state index contributed by atoms with van der Waals surface area (Å²) in [7, 11) is 0. The molecule has 0 fully saturated rings. The maximum atomic E-state index is 12.1. The maximum absolute atomic E-state index is 12.1. The molecule has 20 heavy (non-hydrogen) atoms. The van der Waals surface area contributed by atoms with E-state index < -0.39 is 0 Å². The maximum Gasteiger partial charge on any atom is 0.260 e. The molecule has 104 valence electrons. The van der Waals surface area contributed by atoms with Crippen molar-refractivity contribution in [3.8, 4) is 5.75 Å². The van der Waals surface area contributed by atoms with Crippen molar-refractivity contribution in [2.24, 2.45) is 5.73 Å². The monoisotopic (exact) mass is 354 g/mol. The van der Waals surface area contributed by atoms with Crippen LogP contribution in [0.25, 0.3) is 0 Å². The van der Waals surface area contributed by atoms with Crippen LogP contribution in [0.3, 0.4) is 0 Å². The fraction of sp³-hybridized carbons (Fsp3) is 0.0769. The van der Waals surface area contributed by atoms with E-state index in [4.69, 9.17) is 27.1 Å². The molecule has 0 spiro atoms. The molecule has 0 aliphatic heterocycles. The smallest absolute Gasteiger partial charge is 0.260 e. The number of carbonyl (C=O) groups excluding carboxylic acids is 1. The Bertz CT molecular complexity index is 642. The van der Waals surface area contributed by atoms with Crippen LogP contribution in [0, 0.1) is 0 Å². The topological polar surface area (TPSA) is 77.5 Å². The summed E-state index contributed by atoms with van der Waals surface area (Å²) in [5.74, 6) is 0.185. The number of ether oxygens (including phenoxy) is 1. The molecule has 1 aromatic carbocycles. The number of halogens is 1. The molecule has 3 N–H and O–H groups in total.